The minimum absolute atomic E-state index is 0.812. The van der Waals surface area contributed by atoms with Crippen LogP contribution in [0.3, 0.4) is 0 Å². The molecular weight excluding hydrogens is 206 g/mol. The predicted octanol–water partition coefficient (Wildman–Crippen LogP) is 3.80. The molecule has 2 heteroatoms. The lowest BCUT2D eigenvalue weighted by Crippen LogP contribution is -2.44. The smallest absolute Gasteiger partial charge is 0.0351 e. The zero-order valence-electron chi connectivity index (χ0n) is 9.76. The van der Waals surface area contributed by atoms with E-state index in [1.807, 2.05) is 0 Å². The van der Waals surface area contributed by atoms with Gasteiger partial charge in [-0.2, -0.15) is 0 Å². The van der Waals surface area contributed by atoms with E-state index < -0.39 is 0 Å². The summed E-state index contributed by atoms with van der Waals surface area (Å²) in [4.78, 5) is 2.75. The summed E-state index contributed by atoms with van der Waals surface area (Å²) in [5, 5.41) is 0. The fraction of sp³-hybridized carbons (Fsp3) is 1.00. The van der Waals surface area contributed by atoms with Crippen LogP contribution in [0.15, 0.2) is 0 Å². The van der Waals surface area contributed by atoms with Crippen molar-refractivity contribution in [3.05, 3.63) is 0 Å². The molecule has 0 saturated heterocycles. The molecule has 0 aliphatic heterocycles. The van der Waals surface area contributed by atoms with Gasteiger partial charge >= 0.3 is 0 Å². The second kappa shape index (κ2) is 6.10. The molecule has 0 heterocycles. The summed E-state index contributed by atoms with van der Waals surface area (Å²) in [6, 6.07) is 1.73. The second-order valence-electron chi connectivity index (χ2n) is 5.16. The third kappa shape index (κ3) is 3.10. The molecule has 0 radical (unpaired) electrons. The van der Waals surface area contributed by atoms with Crippen molar-refractivity contribution in [2.45, 2.75) is 69.9 Å². The maximum atomic E-state index is 5.95. The summed E-state index contributed by atoms with van der Waals surface area (Å²) in [7, 11) is 0. The van der Waals surface area contributed by atoms with Crippen LogP contribution in [0.2, 0.25) is 0 Å². The summed E-state index contributed by atoms with van der Waals surface area (Å²) in [6.45, 7) is 1.12. The monoisotopic (exact) mass is 229 g/mol. The molecular formula is C13H24ClN. The Kier molecular flexibility index (Phi) is 4.77. The van der Waals surface area contributed by atoms with Crippen LogP contribution in [0.1, 0.15) is 57.8 Å². The average molecular weight is 230 g/mol. The number of hydrogen-bond acceptors (Lipinski definition) is 1. The van der Waals surface area contributed by atoms with Gasteiger partial charge in [-0.25, -0.2) is 0 Å². The van der Waals surface area contributed by atoms with E-state index in [-0.39, 0.29) is 0 Å². The first-order valence-electron chi connectivity index (χ1n) is 6.73. The molecule has 0 amide bonds. The molecule has 2 saturated carbocycles. The lowest BCUT2D eigenvalue weighted by molar-refractivity contribution is 0.114. The van der Waals surface area contributed by atoms with Crippen LogP contribution >= 0.6 is 11.6 Å². The molecule has 0 atom stereocenters. The first-order valence-corrected chi connectivity index (χ1v) is 7.27. The van der Waals surface area contributed by atoms with Crippen molar-refractivity contribution < 1.29 is 0 Å². The van der Waals surface area contributed by atoms with Gasteiger partial charge in [-0.3, -0.25) is 4.90 Å². The van der Waals surface area contributed by atoms with Gasteiger partial charge in [0.1, 0.15) is 0 Å². The van der Waals surface area contributed by atoms with Gasteiger partial charge in [0.25, 0.3) is 0 Å². The van der Waals surface area contributed by atoms with Crippen molar-refractivity contribution in [1.29, 1.82) is 0 Å². The maximum absolute atomic E-state index is 5.95. The van der Waals surface area contributed by atoms with E-state index in [0.717, 1.165) is 24.5 Å². The third-order valence-electron chi connectivity index (χ3n) is 4.18. The number of halogens is 1. The Hall–Kier alpha value is 0.250. The van der Waals surface area contributed by atoms with Gasteiger partial charge in [-0.1, -0.05) is 32.1 Å². The number of rotatable bonds is 4. The molecule has 0 aromatic rings. The molecule has 88 valence electrons. The Morgan fingerprint density at radius 1 is 0.800 bits per heavy atom. The van der Waals surface area contributed by atoms with E-state index in [0.29, 0.717) is 0 Å². The number of nitrogens with zero attached hydrogens (tertiary/aromatic N) is 1. The van der Waals surface area contributed by atoms with Crippen molar-refractivity contribution in [3.63, 3.8) is 0 Å². The zero-order valence-corrected chi connectivity index (χ0v) is 10.5. The molecule has 1 nitrogen and oxygen atoms in total. The minimum Gasteiger partial charge on any atom is -0.296 e. The van der Waals surface area contributed by atoms with Gasteiger partial charge < -0.3 is 0 Å². The highest BCUT2D eigenvalue weighted by Gasteiger charge is 2.28. The number of alkyl halides is 1. The first kappa shape index (κ1) is 11.7. The maximum Gasteiger partial charge on any atom is 0.0351 e. The summed E-state index contributed by atoms with van der Waals surface area (Å²) in [6.07, 6.45) is 12.9. The fourth-order valence-electron chi connectivity index (χ4n) is 3.41. The lowest BCUT2D eigenvalue weighted by atomic mass is 9.93. The first-order chi connectivity index (χ1) is 7.42. The van der Waals surface area contributed by atoms with E-state index in [9.17, 15) is 0 Å². The van der Waals surface area contributed by atoms with Crippen LogP contribution in [0.25, 0.3) is 0 Å². The van der Waals surface area contributed by atoms with Crippen LogP contribution in [-0.2, 0) is 0 Å². The van der Waals surface area contributed by atoms with Gasteiger partial charge in [0.15, 0.2) is 0 Å². The van der Waals surface area contributed by atoms with Gasteiger partial charge in [0, 0.05) is 24.5 Å². The Morgan fingerprint density at radius 2 is 1.27 bits per heavy atom. The Balaban J connectivity index is 1.90. The molecule has 0 aromatic carbocycles. The highest BCUT2D eigenvalue weighted by molar-refractivity contribution is 6.18. The molecule has 15 heavy (non-hydrogen) atoms. The average Bonchev–Trinajstić information content (AvgIpc) is 2.80. The van der Waals surface area contributed by atoms with Crippen molar-refractivity contribution in [1.82, 2.24) is 4.90 Å². The van der Waals surface area contributed by atoms with Gasteiger partial charge in [-0.05, 0) is 25.7 Å². The predicted molar refractivity (Wildman–Crippen MR) is 66.6 cm³/mol. The largest absolute Gasteiger partial charge is 0.296 e. The summed E-state index contributed by atoms with van der Waals surface area (Å²) in [5.74, 6) is 0.812. The van der Waals surface area contributed by atoms with Gasteiger partial charge in [0.05, 0.1) is 0 Å². The van der Waals surface area contributed by atoms with E-state index in [1.165, 1.54) is 57.8 Å². The summed E-state index contributed by atoms with van der Waals surface area (Å²) < 4.78 is 0. The molecule has 2 aliphatic carbocycles. The Labute approximate surface area is 99.2 Å². The van der Waals surface area contributed by atoms with Crippen LogP contribution in [0, 0.1) is 0 Å². The fourth-order valence-corrected chi connectivity index (χ4v) is 3.60. The minimum atomic E-state index is 0.812. The van der Waals surface area contributed by atoms with E-state index in [4.69, 9.17) is 11.6 Å². The van der Waals surface area contributed by atoms with Crippen molar-refractivity contribution in [3.8, 4) is 0 Å². The van der Waals surface area contributed by atoms with E-state index in [1.54, 1.807) is 0 Å². The van der Waals surface area contributed by atoms with Crippen molar-refractivity contribution >= 4 is 11.6 Å². The topological polar surface area (TPSA) is 3.24 Å². The van der Waals surface area contributed by atoms with Crippen molar-refractivity contribution in [2.24, 2.45) is 0 Å². The SMILES string of the molecule is ClCCN(C1CCCCC1)C1CCCC1. The molecule has 2 aliphatic rings. The van der Waals surface area contributed by atoms with E-state index >= 15 is 0 Å². The standard InChI is InChI=1S/C13H24ClN/c14-10-11-15(13-8-4-5-9-13)12-6-2-1-3-7-12/h12-13H,1-11H2. The van der Waals surface area contributed by atoms with Gasteiger partial charge in [0.2, 0.25) is 0 Å². The van der Waals surface area contributed by atoms with Crippen LogP contribution in [0.5, 0.6) is 0 Å². The summed E-state index contributed by atoms with van der Waals surface area (Å²) in [5.41, 5.74) is 0. The normalized spacial score (nSPS) is 25.2. The second-order valence-corrected chi connectivity index (χ2v) is 5.53. The Bertz CT molecular complexity index is 171. The van der Waals surface area contributed by atoms with Crippen LogP contribution in [0.4, 0.5) is 0 Å². The molecule has 0 unspecified atom stereocenters. The lowest BCUT2D eigenvalue weighted by Gasteiger charge is -2.38. The van der Waals surface area contributed by atoms with Crippen LogP contribution in [-0.4, -0.2) is 29.4 Å². The zero-order chi connectivity index (χ0) is 10.5. The highest BCUT2D eigenvalue weighted by Crippen LogP contribution is 2.30. The molecule has 2 rings (SSSR count). The third-order valence-corrected chi connectivity index (χ3v) is 4.35. The molecule has 0 aromatic heterocycles. The molecule has 0 spiro atoms. The van der Waals surface area contributed by atoms with E-state index in [2.05, 4.69) is 4.90 Å². The molecule has 0 N–H and O–H groups in total. The number of hydrogen-bond donors (Lipinski definition) is 0. The highest BCUT2D eigenvalue weighted by atomic mass is 35.5. The molecule has 0 bridgehead atoms. The van der Waals surface area contributed by atoms with Gasteiger partial charge in [-0.15, -0.1) is 11.6 Å². The Morgan fingerprint density at radius 3 is 1.73 bits per heavy atom. The van der Waals surface area contributed by atoms with Crippen LogP contribution < -0.4 is 0 Å². The van der Waals surface area contributed by atoms with Crippen molar-refractivity contribution in [2.75, 3.05) is 12.4 Å². The summed E-state index contributed by atoms with van der Waals surface area (Å²) >= 11 is 5.95. The quantitative estimate of drug-likeness (QED) is 0.663. The molecule has 2 fully saturated rings.